The summed E-state index contributed by atoms with van der Waals surface area (Å²) in [4.78, 5) is 7.87. The summed E-state index contributed by atoms with van der Waals surface area (Å²) in [5.41, 5.74) is 1.72. The van der Waals surface area contributed by atoms with E-state index in [1.807, 2.05) is 18.2 Å². The van der Waals surface area contributed by atoms with Gasteiger partial charge in [-0.1, -0.05) is 37.3 Å². The van der Waals surface area contributed by atoms with Crippen LogP contribution in [0.15, 0.2) is 77.0 Å². The Kier molecular flexibility index (Phi) is 10.3. The molecule has 6 rings (SSSR count). The Morgan fingerprint density at radius 3 is 1.98 bits per heavy atom. The van der Waals surface area contributed by atoms with Gasteiger partial charge in [0.25, 0.3) is 20.0 Å². The van der Waals surface area contributed by atoms with Gasteiger partial charge in [0, 0.05) is 25.0 Å². The minimum absolute atomic E-state index is 0.0208. The van der Waals surface area contributed by atoms with Gasteiger partial charge in [-0.3, -0.25) is 10.2 Å². The molecule has 5 aromatic rings. The van der Waals surface area contributed by atoms with E-state index in [1.165, 1.54) is 30.8 Å². The third kappa shape index (κ3) is 7.78. The van der Waals surface area contributed by atoms with Gasteiger partial charge in [0.1, 0.15) is 6.04 Å². The molecule has 0 saturated heterocycles. The Labute approximate surface area is 268 Å². The lowest BCUT2D eigenvalue weighted by atomic mass is 9.76. The summed E-state index contributed by atoms with van der Waals surface area (Å²) in [6, 6.07) is 14.0. The number of nitrogens with one attached hydrogen (secondary N) is 4. The van der Waals surface area contributed by atoms with Crippen LogP contribution in [0, 0.1) is 5.92 Å². The van der Waals surface area contributed by atoms with E-state index in [2.05, 4.69) is 47.2 Å². The number of halogens is 3. The number of rotatable bonds is 9. The molecule has 1 aliphatic carbocycles. The number of alkyl halides is 3. The summed E-state index contributed by atoms with van der Waals surface area (Å²) in [5, 5.41) is 22.4. The van der Waals surface area contributed by atoms with Crippen molar-refractivity contribution in [2.24, 2.45) is 5.92 Å². The number of aromatic amines is 2. The topological polar surface area (TPSA) is 196 Å². The van der Waals surface area contributed by atoms with Crippen molar-refractivity contribution in [1.82, 2.24) is 39.8 Å². The molecule has 1 saturated carbocycles. The number of aliphatic hydroxyl groups excluding tert-OH is 1. The van der Waals surface area contributed by atoms with Gasteiger partial charge in [0.15, 0.2) is 21.3 Å². The zero-order chi connectivity index (χ0) is 33.8. The summed E-state index contributed by atoms with van der Waals surface area (Å²) >= 11 is 0. The monoisotopic (exact) mass is 694 g/mol. The van der Waals surface area contributed by atoms with Crippen LogP contribution < -0.4 is 9.44 Å². The number of sulfonamides is 2. The van der Waals surface area contributed by atoms with Crippen LogP contribution in [-0.2, 0) is 20.0 Å². The Morgan fingerprint density at radius 1 is 0.872 bits per heavy atom. The third-order valence-electron chi connectivity index (χ3n) is 8.02. The fourth-order valence-corrected chi connectivity index (χ4v) is 8.45. The van der Waals surface area contributed by atoms with Gasteiger partial charge < -0.3 is 5.11 Å². The lowest BCUT2D eigenvalue weighted by Gasteiger charge is -2.35. The third-order valence-corrected chi connectivity index (χ3v) is 10.9. The van der Waals surface area contributed by atoms with Crippen LogP contribution in [-0.4, -0.2) is 77.2 Å². The van der Waals surface area contributed by atoms with Crippen molar-refractivity contribution in [1.29, 1.82) is 0 Å². The number of fused-ring (bicyclic) bond motifs is 2. The van der Waals surface area contributed by atoms with Gasteiger partial charge in [-0.05, 0) is 67.3 Å². The van der Waals surface area contributed by atoms with Crippen molar-refractivity contribution in [2.45, 2.75) is 66.8 Å². The Hall–Kier alpha value is -3.97. The summed E-state index contributed by atoms with van der Waals surface area (Å²) in [6.45, 7) is 1.19. The normalized spacial score (nSPS) is 19.7. The quantitative estimate of drug-likeness (QED) is 0.153. The van der Waals surface area contributed by atoms with Crippen molar-refractivity contribution in [3.05, 3.63) is 72.6 Å². The van der Waals surface area contributed by atoms with E-state index >= 15 is 0 Å². The maximum atomic E-state index is 12.9. The summed E-state index contributed by atoms with van der Waals surface area (Å²) in [6.07, 6.45) is 0.201. The number of hydrogen-bond donors (Lipinski definition) is 5. The molecule has 0 spiro atoms. The van der Waals surface area contributed by atoms with Crippen LogP contribution in [0.5, 0.6) is 0 Å². The number of pyridine rings is 2. The van der Waals surface area contributed by atoms with Gasteiger partial charge in [0.05, 0.1) is 10.8 Å². The molecule has 0 radical (unpaired) electrons. The molecule has 4 heterocycles. The van der Waals surface area contributed by atoms with Crippen molar-refractivity contribution >= 4 is 42.1 Å². The second kappa shape index (κ2) is 14.0. The number of hydrogen-bond acceptors (Lipinski definition) is 9. The van der Waals surface area contributed by atoms with E-state index in [9.17, 15) is 35.1 Å². The van der Waals surface area contributed by atoms with Gasteiger partial charge in [-0.15, -0.1) is 0 Å². The highest BCUT2D eigenvalue weighted by Crippen LogP contribution is 2.37. The lowest BCUT2D eigenvalue weighted by molar-refractivity contribution is -0.151. The van der Waals surface area contributed by atoms with Gasteiger partial charge in [-0.25, -0.2) is 31.5 Å². The van der Waals surface area contributed by atoms with Crippen LogP contribution in [0.3, 0.4) is 0 Å². The van der Waals surface area contributed by atoms with E-state index in [-0.39, 0.29) is 34.6 Å². The minimum Gasteiger partial charge on any atom is -0.396 e. The molecule has 3 unspecified atom stereocenters. The van der Waals surface area contributed by atoms with E-state index in [0.717, 1.165) is 12.8 Å². The fourth-order valence-electron chi connectivity index (χ4n) is 5.60. The molecule has 13 nitrogen and oxygen atoms in total. The predicted molar refractivity (Wildman–Crippen MR) is 166 cm³/mol. The number of aliphatic hydroxyl groups is 1. The van der Waals surface area contributed by atoms with Crippen LogP contribution >= 0.6 is 0 Å². The van der Waals surface area contributed by atoms with E-state index in [0.29, 0.717) is 23.4 Å². The zero-order valence-electron chi connectivity index (χ0n) is 25.0. The fraction of sp³-hybridized carbons (Fsp3) is 0.379. The second-order valence-electron chi connectivity index (χ2n) is 11.1. The van der Waals surface area contributed by atoms with Gasteiger partial charge in [0.2, 0.25) is 0 Å². The van der Waals surface area contributed by atoms with Gasteiger partial charge in [-0.2, -0.15) is 28.1 Å². The highest BCUT2D eigenvalue weighted by Gasteiger charge is 2.41. The summed E-state index contributed by atoms with van der Waals surface area (Å²) in [7, 11) is -8.15. The molecule has 0 bridgehead atoms. The number of aromatic nitrogens is 6. The van der Waals surface area contributed by atoms with Gasteiger partial charge >= 0.3 is 6.18 Å². The van der Waals surface area contributed by atoms with E-state index < -0.39 is 43.7 Å². The second-order valence-corrected chi connectivity index (χ2v) is 14.4. The molecule has 4 atom stereocenters. The summed E-state index contributed by atoms with van der Waals surface area (Å²) in [5.74, 6) is 0.201. The molecule has 47 heavy (non-hydrogen) atoms. The first kappa shape index (κ1) is 34.4. The zero-order valence-corrected chi connectivity index (χ0v) is 26.6. The average molecular weight is 695 g/mol. The maximum Gasteiger partial charge on any atom is 0.404 e. The lowest BCUT2D eigenvalue weighted by Crippen LogP contribution is -2.44. The average Bonchev–Trinajstić information content (AvgIpc) is 3.70. The molecule has 0 aliphatic heterocycles. The van der Waals surface area contributed by atoms with E-state index in [4.69, 9.17) is 0 Å². The Balaban J connectivity index is 0.000000194. The molecule has 5 N–H and O–H groups in total. The highest BCUT2D eigenvalue weighted by atomic mass is 32.2. The molecule has 0 amide bonds. The standard InChI is InChI=1S/C19H22N4O3S.C10H11F3N4O2S/c24-12-15-11-14(13-5-2-1-3-6-13)8-9-17(15)23-27(25,26)19-16-7-4-10-20-18(16)21-22-19;1-2-7(10(11,12)13)17-20(18,19)9-6-4-3-5-14-8(6)15-16-9/h1-7,10,14-15,17,23-24H,8-9,11-12H2,(H,20,21,22);3-5,7,17H,2H2,1H3,(H,14,15,16)/t;7-/m.0/s1. The number of nitrogens with zero attached hydrogens (tertiary/aromatic N) is 4. The molecular weight excluding hydrogens is 661 g/mol. The molecule has 4 aromatic heterocycles. The molecular formula is C29H33F3N8O5S2. The van der Waals surface area contributed by atoms with E-state index in [1.54, 1.807) is 23.1 Å². The van der Waals surface area contributed by atoms with Crippen LogP contribution in [0.25, 0.3) is 22.1 Å². The van der Waals surface area contributed by atoms with Crippen molar-refractivity contribution in [3.8, 4) is 0 Å². The summed E-state index contributed by atoms with van der Waals surface area (Å²) < 4.78 is 92.1. The van der Waals surface area contributed by atoms with Crippen LogP contribution in [0.4, 0.5) is 13.2 Å². The van der Waals surface area contributed by atoms with Crippen molar-refractivity contribution < 1.29 is 35.1 Å². The van der Waals surface area contributed by atoms with Crippen molar-refractivity contribution in [3.63, 3.8) is 0 Å². The first-order valence-electron chi connectivity index (χ1n) is 14.7. The van der Waals surface area contributed by atoms with Crippen LogP contribution in [0.2, 0.25) is 0 Å². The predicted octanol–water partition coefficient (Wildman–Crippen LogP) is 3.76. The minimum atomic E-state index is -4.66. The molecule has 1 aliphatic rings. The first-order valence-corrected chi connectivity index (χ1v) is 17.7. The molecule has 252 valence electrons. The highest BCUT2D eigenvalue weighted by molar-refractivity contribution is 7.90. The molecule has 1 aromatic carbocycles. The smallest absolute Gasteiger partial charge is 0.396 e. The Morgan fingerprint density at radius 2 is 1.45 bits per heavy atom. The first-order chi connectivity index (χ1) is 22.3. The molecule has 1 fully saturated rings. The largest absolute Gasteiger partial charge is 0.404 e. The maximum absolute atomic E-state index is 12.9. The SMILES string of the molecule is CC[C@H](NS(=O)(=O)c1[nH]nc2ncccc12)C(F)(F)F.O=S(=O)(NC1CCC(c2ccccc2)CC1CO)c1[nH]nc2ncccc12. The molecule has 18 heteroatoms. The van der Waals surface area contributed by atoms with Crippen LogP contribution in [0.1, 0.15) is 44.1 Å². The number of H-pyrrole nitrogens is 2. The van der Waals surface area contributed by atoms with Crippen molar-refractivity contribution in [2.75, 3.05) is 6.61 Å². The number of benzene rings is 1. The Bertz CT molecular complexity index is 2020.